The molecule has 4 nitrogen and oxygen atoms in total. The van der Waals surface area contributed by atoms with Gasteiger partial charge in [0.15, 0.2) is 0 Å². The molecule has 0 aromatic rings. The van der Waals surface area contributed by atoms with Crippen LogP contribution in [0, 0.1) is 0 Å². The van der Waals surface area contributed by atoms with Crippen LogP contribution in [0.3, 0.4) is 0 Å². The van der Waals surface area contributed by atoms with Crippen LogP contribution in [0.15, 0.2) is 0 Å². The predicted molar refractivity (Wildman–Crippen MR) is 77.1 cm³/mol. The minimum absolute atomic E-state index is 0.678. The summed E-state index contributed by atoms with van der Waals surface area (Å²) < 4.78 is 0. The van der Waals surface area contributed by atoms with Gasteiger partial charge < -0.3 is 4.90 Å². The molecule has 2 atom stereocenters. The van der Waals surface area contributed by atoms with Crippen LogP contribution in [-0.4, -0.2) is 98.1 Å². The van der Waals surface area contributed by atoms with Gasteiger partial charge >= 0.3 is 0 Å². The first-order chi connectivity index (χ1) is 8.65. The van der Waals surface area contributed by atoms with E-state index in [2.05, 4.69) is 40.5 Å². The van der Waals surface area contributed by atoms with Crippen LogP contribution in [0.5, 0.6) is 0 Å². The second-order valence-electron chi connectivity index (χ2n) is 6.12. The molecule has 0 N–H and O–H groups in total. The number of hydrogen-bond acceptors (Lipinski definition) is 4. The molecule has 2 rings (SSSR count). The maximum Gasteiger partial charge on any atom is 0.0113 e. The average molecular weight is 254 g/mol. The zero-order valence-electron chi connectivity index (χ0n) is 12.4. The summed E-state index contributed by atoms with van der Waals surface area (Å²) in [6.07, 6.45) is 0. The summed E-state index contributed by atoms with van der Waals surface area (Å²) in [6, 6.07) is 0.678. The molecular formula is C14H30N4. The third-order valence-electron chi connectivity index (χ3n) is 4.47. The molecule has 0 spiro atoms. The summed E-state index contributed by atoms with van der Waals surface area (Å²) in [5.74, 6) is 0. The summed E-state index contributed by atoms with van der Waals surface area (Å²) in [5.41, 5.74) is 0. The third-order valence-corrected chi connectivity index (χ3v) is 4.47. The van der Waals surface area contributed by atoms with E-state index in [0.717, 1.165) is 0 Å². The molecule has 0 saturated carbocycles. The molecule has 106 valence electrons. The van der Waals surface area contributed by atoms with Gasteiger partial charge in [-0.25, -0.2) is 0 Å². The second kappa shape index (κ2) is 6.85. The number of likely N-dealkylation sites (N-methyl/N-ethyl adjacent to an activating group) is 1. The maximum absolute atomic E-state index is 2.65. The van der Waals surface area contributed by atoms with E-state index in [9.17, 15) is 0 Å². The first-order valence-electron chi connectivity index (χ1n) is 7.52. The van der Waals surface area contributed by atoms with Crippen molar-refractivity contribution >= 4 is 0 Å². The molecule has 0 amide bonds. The number of nitrogens with zero attached hydrogens (tertiary/aromatic N) is 4. The highest BCUT2D eigenvalue weighted by Crippen LogP contribution is 2.06. The monoisotopic (exact) mass is 254 g/mol. The molecule has 2 aliphatic rings. The fourth-order valence-corrected chi connectivity index (χ4v) is 2.86. The van der Waals surface area contributed by atoms with Crippen molar-refractivity contribution in [3.8, 4) is 0 Å². The van der Waals surface area contributed by atoms with Crippen LogP contribution in [0.1, 0.15) is 13.8 Å². The van der Waals surface area contributed by atoms with Gasteiger partial charge in [-0.1, -0.05) is 0 Å². The molecule has 0 aromatic carbocycles. The van der Waals surface area contributed by atoms with E-state index < -0.39 is 0 Å². The lowest BCUT2D eigenvalue weighted by molar-refractivity contribution is 0.164. The van der Waals surface area contributed by atoms with Crippen LogP contribution >= 0.6 is 0 Å². The Hall–Kier alpha value is -0.160. The van der Waals surface area contributed by atoms with Gasteiger partial charge in [0.25, 0.3) is 0 Å². The molecule has 0 aromatic heterocycles. The Morgan fingerprint density at radius 1 is 0.611 bits per heavy atom. The molecule has 2 heterocycles. The molecule has 2 bridgehead atoms. The van der Waals surface area contributed by atoms with Crippen molar-refractivity contribution in [3.63, 3.8) is 0 Å². The molecule has 2 unspecified atom stereocenters. The number of rotatable bonds is 1. The van der Waals surface area contributed by atoms with Crippen molar-refractivity contribution in [3.05, 3.63) is 0 Å². The zero-order chi connectivity index (χ0) is 13.0. The SMILES string of the molecule is CC(C)N1CCN2CCN(C)CCN(CC2)CC1. The minimum atomic E-state index is 0.678. The molecular weight excluding hydrogens is 224 g/mol. The van der Waals surface area contributed by atoms with E-state index in [0.29, 0.717) is 6.04 Å². The van der Waals surface area contributed by atoms with Crippen molar-refractivity contribution in [2.24, 2.45) is 0 Å². The quantitative estimate of drug-likeness (QED) is 0.665. The van der Waals surface area contributed by atoms with Gasteiger partial charge in [-0.3, -0.25) is 14.7 Å². The summed E-state index contributed by atoms with van der Waals surface area (Å²) >= 11 is 0. The van der Waals surface area contributed by atoms with Crippen molar-refractivity contribution in [1.29, 1.82) is 0 Å². The Balaban J connectivity index is 2.00. The molecule has 0 radical (unpaired) electrons. The summed E-state index contributed by atoms with van der Waals surface area (Å²) in [5, 5.41) is 0. The lowest BCUT2D eigenvalue weighted by Gasteiger charge is -2.30. The van der Waals surface area contributed by atoms with Crippen molar-refractivity contribution < 1.29 is 0 Å². The highest BCUT2D eigenvalue weighted by Gasteiger charge is 2.19. The highest BCUT2D eigenvalue weighted by atomic mass is 15.3. The Kier molecular flexibility index (Phi) is 5.42. The first-order valence-corrected chi connectivity index (χ1v) is 7.52. The second-order valence-corrected chi connectivity index (χ2v) is 6.12. The average Bonchev–Trinajstić information content (AvgIpc) is 2.48. The van der Waals surface area contributed by atoms with Crippen LogP contribution < -0.4 is 0 Å². The fraction of sp³-hybridized carbons (Fsp3) is 1.00. The first kappa shape index (κ1) is 14.3. The third kappa shape index (κ3) is 4.19. The van der Waals surface area contributed by atoms with Crippen LogP contribution in [-0.2, 0) is 0 Å². The number of fused-ring (bicyclic) bond motifs is 3. The van der Waals surface area contributed by atoms with E-state index >= 15 is 0 Å². The fourth-order valence-electron chi connectivity index (χ4n) is 2.86. The van der Waals surface area contributed by atoms with Gasteiger partial charge in [0.2, 0.25) is 0 Å². The summed E-state index contributed by atoms with van der Waals surface area (Å²) in [4.78, 5) is 10.4. The van der Waals surface area contributed by atoms with Gasteiger partial charge in [-0.2, -0.15) is 0 Å². The topological polar surface area (TPSA) is 13.0 Å². The summed E-state index contributed by atoms with van der Waals surface area (Å²) in [7, 11) is 2.26. The zero-order valence-corrected chi connectivity index (χ0v) is 12.4. The molecule has 18 heavy (non-hydrogen) atoms. The molecule has 4 heteroatoms. The van der Waals surface area contributed by atoms with Gasteiger partial charge in [-0.15, -0.1) is 0 Å². The summed E-state index contributed by atoms with van der Waals surface area (Å²) in [6.45, 7) is 17.0. The van der Waals surface area contributed by atoms with Crippen LogP contribution in [0.4, 0.5) is 0 Å². The smallest absolute Gasteiger partial charge is 0.0113 e. The van der Waals surface area contributed by atoms with Gasteiger partial charge in [0.05, 0.1) is 0 Å². The Morgan fingerprint density at radius 3 is 1.44 bits per heavy atom. The van der Waals surface area contributed by atoms with Gasteiger partial charge in [0.1, 0.15) is 0 Å². The van der Waals surface area contributed by atoms with E-state index in [1.807, 2.05) is 0 Å². The lowest BCUT2D eigenvalue weighted by Crippen LogP contribution is -2.43. The Bertz CT molecular complexity index is 224. The maximum atomic E-state index is 2.65. The van der Waals surface area contributed by atoms with Crippen LogP contribution in [0.2, 0.25) is 0 Å². The van der Waals surface area contributed by atoms with E-state index in [4.69, 9.17) is 0 Å². The van der Waals surface area contributed by atoms with E-state index in [1.165, 1.54) is 65.4 Å². The Labute approximate surface area is 113 Å². The predicted octanol–water partition coefficient (Wildman–Crippen LogP) is 0.260. The van der Waals surface area contributed by atoms with Gasteiger partial charge in [0, 0.05) is 71.5 Å². The standard InChI is InChI=1S/C14H30N4/c1-14(2)18-12-10-16-6-4-15(3)5-7-17(9-8-16)11-13-18/h14H,4-13H2,1-3H3. The largest absolute Gasteiger partial charge is 0.304 e. The molecule has 0 aliphatic carbocycles. The highest BCUT2D eigenvalue weighted by molar-refractivity contribution is 4.76. The van der Waals surface area contributed by atoms with E-state index in [1.54, 1.807) is 0 Å². The van der Waals surface area contributed by atoms with Crippen LogP contribution in [0.25, 0.3) is 0 Å². The minimum Gasteiger partial charge on any atom is -0.304 e. The van der Waals surface area contributed by atoms with Crippen molar-refractivity contribution in [1.82, 2.24) is 19.6 Å². The van der Waals surface area contributed by atoms with Gasteiger partial charge in [-0.05, 0) is 20.9 Å². The Morgan fingerprint density at radius 2 is 1.00 bits per heavy atom. The molecule has 2 saturated heterocycles. The van der Waals surface area contributed by atoms with E-state index in [-0.39, 0.29) is 0 Å². The normalized spacial score (nSPS) is 33.3. The molecule has 2 aliphatic heterocycles. The lowest BCUT2D eigenvalue weighted by atomic mass is 10.3. The van der Waals surface area contributed by atoms with Crippen molar-refractivity contribution in [2.75, 3.05) is 72.5 Å². The number of hydrogen-bond donors (Lipinski definition) is 0. The van der Waals surface area contributed by atoms with Crippen molar-refractivity contribution in [2.45, 2.75) is 19.9 Å². The molecule has 2 fully saturated rings.